The van der Waals surface area contributed by atoms with E-state index in [0.29, 0.717) is 6.04 Å². The normalized spacial score (nSPS) is 38.1. The van der Waals surface area contributed by atoms with Gasteiger partial charge in [0.25, 0.3) is 0 Å². The van der Waals surface area contributed by atoms with Crippen LogP contribution in [-0.2, 0) is 0 Å². The first-order valence-electron chi connectivity index (χ1n) is 7.16. The second-order valence-electron chi connectivity index (χ2n) is 6.33. The average molecular weight is 224 g/mol. The van der Waals surface area contributed by atoms with Gasteiger partial charge in [0.2, 0.25) is 0 Å². The van der Waals surface area contributed by atoms with Gasteiger partial charge in [0.15, 0.2) is 0 Å². The summed E-state index contributed by atoms with van der Waals surface area (Å²) < 4.78 is 0. The highest BCUT2D eigenvalue weighted by atomic mass is 15.2. The quantitative estimate of drug-likeness (QED) is 0.569. The molecule has 3 N–H and O–H groups in total. The van der Waals surface area contributed by atoms with Crippen molar-refractivity contribution in [3.63, 3.8) is 0 Å². The fourth-order valence-electron chi connectivity index (χ4n) is 3.44. The summed E-state index contributed by atoms with van der Waals surface area (Å²) in [4.78, 5) is 0. The second-order valence-corrected chi connectivity index (χ2v) is 6.33. The lowest BCUT2D eigenvalue weighted by Gasteiger charge is -2.39. The van der Waals surface area contributed by atoms with Gasteiger partial charge in [-0.1, -0.05) is 39.5 Å². The van der Waals surface area contributed by atoms with Crippen LogP contribution in [0.15, 0.2) is 0 Å². The van der Waals surface area contributed by atoms with Crippen LogP contribution in [0.2, 0.25) is 0 Å². The third-order valence-corrected chi connectivity index (χ3v) is 5.23. The highest BCUT2D eigenvalue weighted by Crippen LogP contribution is 2.38. The molecular weight excluding hydrogens is 196 g/mol. The Balaban J connectivity index is 1.83. The molecule has 4 atom stereocenters. The lowest BCUT2D eigenvalue weighted by Crippen LogP contribution is -2.45. The third kappa shape index (κ3) is 2.78. The largest absolute Gasteiger partial charge is 0.271 e. The maximum absolute atomic E-state index is 5.76. The SMILES string of the molecule is CC1CCC(C(CC2CCC2)NN)CC1C. The van der Waals surface area contributed by atoms with Gasteiger partial charge in [-0.3, -0.25) is 11.3 Å². The highest BCUT2D eigenvalue weighted by molar-refractivity contribution is 4.85. The van der Waals surface area contributed by atoms with E-state index < -0.39 is 0 Å². The first kappa shape index (κ1) is 12.4. The smallest absolute Gasteiger partial charge is 0.0241 e. The predicted octanol–water partition coefficient (Wildman–Crippen LogP) is 3.08. The predicted molar refractivity (Wildman–Crippen MR) is 68.7 cm³/mol. The van der Waals surface area contributed by atoms with Crippen molar-refractivity contribution in [2.75, 3.05) is 0 Å². The summed E-state index contributed by atoms with van der Waals surface area (Å²) in [7, 11) is 0. The van der Waals surface area contributed by atoms with E-state index in [0.717, 1.165) is 23.7 Å². The lowest BCUT2D eigenvalue weighted by atomic mass is 9.70. The van der Waals surface area contributed by atoms with Crippen molar-refractivity contribution in [2.24, 2.45) is 29.5 Å². The molecule has 2 aliphatic carbocycles. The number of nitrogens with two attached hydrogens (primary N) is 1. The summed E-state index contributed by atoms with van der Waals surface area (Å²) >= 11 is 0. The summed E-state index contributed by atoms with van der Waals surface area (Å²) in [6.45, 7) is 4.81. The zero-order valence-electron chi connectivity index (χ0n) is 10.9. The zero-order valence-corrected chi connectivity index (χ0v) is 10.9. The molecule has 0 saturated heterocycles. The first-order chi connectivity index (χ1) is 7.70. The van der Waals surface area contributed by atoms with Crippen LogP contribution in [-0.4, -0.2) is 6.04 Å². The van der Waals surface area contributed by atoms with Gasteiger partial charge in [0.05, 0.1) is 0 Å². The van der Waals surface area contributed by atoms with Gasteiger partial charge in [0.1, 0.15) is 0 Å². The average Bonchev–Trinajstić information content (AvgIpc) is 2.21. The van der Waals surface area contributed by atoms with Crippen molar-refractivity contribution >= 4 is 0 Å². The number of nitrogens with one attached hydrogen (secondary N) is 1. The molecule has 0 aliphatic heterocycles. The molecule has 2 aliphatic rings. The third-order valence-electron chi connectivity index (χ3n) is 5.23. The van der Waals surface area contributed by atoms with Crippen molar-refractivity contribution < 1.29 is 0 Å². The van der Waals surface area contributed by atoms with E-state index in [-0.39, 0.29) is 0 Å². The Morgan fingerprint density at radius 1 is 1.12 bits per heavy atom. The summed E-state index contributed by atoms with van der Waals surface area (Å²) in [5.74, 6) is 9.36. The molecule has 0 amide bonds. The van der Waals surface area contributed by atoms with Crippen LogP contribution in [0.25, 0.3) is 0 Å². The van der Waals surface area contributed by atoms with E-state index in [1.165, 1.54) is 44.9 Å². The van der Waals surface area contributed by atoms with Crippen LogP contribution >= 0.6 is 0 Å². The number of rotatable bonds is 4. The van der Waals surface area contributed by atoms with E-state index in [1.807, 2.05) is 0 Å². The van der Waals surface area contributed by atoms with Gasteiger partial charge in [-0.25, -0.2) is 0 Å². The Kier molecular flexibility index (Phi) is 4.26. The Bertz CT molecular complexity index is 211. The molecule has 0 spiro atoms. The monoisotopic (exact) mass is 224 g/mol. The Labute approximate surface area is 100 Å². The van der Waals surface area contributed by atoms with Gasteiger partial charge in [-0.05, 0) is 42.9 Å². The molecule has 2 nitrogen and oxygen atoms in total. The fourth-order valence-corrected chi connectivity index (χ4v) is 3.44. The van der Waals surface area contributed by atoms with Gasteiger partial charge in [-0.15, -0.1) is 0 Å². The molecule has 2 heteroatoms. The first-order valence-corrected chi connectivity index (χ1v) is 7.16. The van der Waals surface area contributed by atoms with Gasteiger partial charge >= 0.3 is 0 Å². The lowest BCUT2D eigenvalue weighted by molar-refractivity contribution is 0.142. The van der Waals surface area contributed by atoms with Crippen LogP contribution < -0.4 is 11.3 Å². The van der Waals surface area contributed by atoms with Crippen molar-refractivity contribution in [3.05, 3.63) is 0 Å². The van der Waals surface area contributed by atoms with Crippen molar-refractivity contribution in [1.82, 2.24) is 5.43 Å². The number of hydrogen-bond acceptors (Lipinski definition) is 2. The molecule has 0 radical (unpaired) electrons. The van der Waals surface area contributed by atoms with E-state index in [2.05, 4.69) is 19.3 Å². The molecule has 2 saturated carbocycles. The molecule has 16 heavy (non-hydrogen) atoms. The fraction of sp³-hybridized carbons (Fsp3) is 1.00. The molecule has 2 rings (SSSR count). The molecule has 0 aromatic rings. The minimum Gasteiger partial charge on any atom is -0.271 e. The van der Waals surface area contributed by atoms with Crippen molar-refractivity contribution in [2.45, 2.75) is 64.8 Å². The number of hydrogen-bond donors (Lipinski definition) is 2. The van der Waals surface area contributed by atoms with E-state index in [4.69, 9.17) is 5.84 Å². The molecule has 0 aromatic carbocycles. The molecule has 4 unspecified atom stereocenters. The van der Waals surface area contributed by atoms with E-state index in [1.54, 1.807) is 0 Å². The molecule has 94 valence electrons. The van der Waals surface area contributed by atoms with Gasteiger partial charge in [-0.2, -0.15) is 0 Å². The molecule has 2 fully saturated rings. The van der Waals surface area contributed by atoms with Crippen LogP contribution in [0.1, 0.15) is 58.8 Å². The zero-order chi connectivity index (χ0) is 11.5. The summed E-state index contributed by atoms with van der Waals surface area (Å²) in [6, 6.07) is 0.584. The van der Waals surface area contributed by atoms with Crippen molar-refractivity contribution in [1.29, 1.82) is 0 Å². The molecule has 0 heterocycles. The van der Waals surface area contributed by atoms with E-state index >= 15 is 0 Å². The maximum Gasteiger partial charge on any atom is 0.0241 e. The minimum atomic E-state index is 0.584. The molecule has 0 aromatic heterocycles. The van der Waals surface area contributed by atoms with Crippen LogP contribution in [0.3, 0.4) is 0 Å². The maximum atomic E-state index is 5.76. The van der Waals surface area contributed by atoms with Gasteiger partial charge in [0, 0.05) is 6.04 Å². The Morgan fingerprint density at radius 2 is 1.88 bits per heavy atom. The number of hydrazine groups is 1. The van der Waals surface area contributed by atoms with Crippen molar-refractivity contribution in [3.8, 4) is 0 Å². The van der Waals surface area contributed by atoms with Crippen LogP contribution in [0, 0.1) is 23.7 Å². The summed E-state index contributed by atoms with van der Waals surface area (Å²) in [5.41, 5.74) is 3.11. The molecular formula is C14H28N2. The van der Waals surface area contributed by atoms with Gasteiger partial charge < -0.3 is 0 Å². The van der Waals surface area contributed by atoms with Crippen LogP contribution in [0.5, 0.6) is 0 Å². The Morgan fingerprint density at radius 3 is 2.38 bits per heavy atom. The Hall–Kier alpha value is -0.0800. The summed E-state index contributed by atoms with van der Waals surface area (Å²) in [6.07, 6.45) is 9.81. The second kappa shape index (κ2) is 5.50. The summed E-state index contributed by atoms with van der Waals surface area (Å²) in [5, 5.41) is 0. The molecule has 0 bridgehead atoms. The van der Waals surface area contributed by atoms with E-state index in [9.17, 15) is 0 Å². The standard InChI is InChI=1S/C14H28N2/c1-10-6-7-13(8-11(10)2)14(16-15)9-12-4-3-5-12/h10-14,16H,3-9,15H2,1-2H3. The highest BCUT2D eigenvalue weighted by Gasteiger charge is 2.32. The minimum absolute atomic E-state index is 0.584. The van der Waals surface area contributed by atoms with Crippen LogP contribution in [0.4, 0.5) is 0 Å². The topological polar surface area (TPSA) is 38.0 Å².